The minimum atomic E-state index is -0.814. The van der Waals surface area contributed by atoms with E-state index in [1.165, 1.54) is 0 Å². The first-order valence-corrected chi connectivity index (χ1v) is 6.47. The molecule has 0 saturated carbocycles. The number of rotatable bonds is 10. The fourth-order valence-electron chi connectivity index (χ4n) is 1.49. The molecule has 0 bridgehead atoms. The third kappa shape index (κ3) is 8.81. The van der Waals surface area contributed by atoms with Crippen molar-refractivity contribution < 1.29 is 19.8 Å². The number of aliphatic hydroxyl groups is 1. The van der Waals surface area contributed by atoms with Gasteiger partial charge >= 0.3 is 12.0 Å². The Labute approximate surface area is 108 Å². The number of carboxylic acid groups (broad SMARTS) is 1. The van der Waals surface area contributed by atoms with Gasteiger partial charge in [0.25, 0.3) is 0 Å². The molecule has 0 aliphatic heterocycles. The van der Waals surface area contributed by atoms with Gasteiger partial charge in [0, 0.05) is 26.1 Å². The molecule has 0 aliphatic carbocycles. The Morgan fingerprint density at radius 2 is 1.89 bits per heavy atom. The van der Waals surface area contributed by atoms with Gasteiger partial charge in [-0.05, 0) is 19.3 Å². The lowest BCUT2D eigenvalue weighted by atomic mass is 10.2. The topological polar surface area (TPSA) is 89.9 Å². The molecule has 0 unspecified atom stereocenters. The SMILES string of the molecule is CCCCN(CCO)C(=O)NCCCCC(=O)O. The van der Waals surface area contributed by atoms with Crippen molar-refractivity contribution >= 4 is 12.0 Å². The van der Waals surface area contributed by atoms with E-state index in [0.717, 1.165) is 12.8 Å². The quantitative estimate of drug-likeness (QED) is 0.512. The lowest BCUT2D eigenvalue weighted by Gasteiger charge is -2.21. The molecule has 0 spiro atoms. The zero-order valence-electron chi connectivity index (χ0n) is 11.0. The summed E-state index contributed by atoms with van der Waals surface area (Å²) in [4.78, 5) is 23.6. The number of carboxylic acids is 1. The molecule has 0 heterocycles. The van der Waals surface area contributed by atoms with Crippen LogP contribution in [0.5, 0.6) is 0 Å². The highest BCUT2D eigenvalue weighted by Crippen LogP contribution is 1.97. The van der Waals surface area contributed by atoms with Gasteiger partial charge in [0.05, 0.1) is 6.61 Å². The number of nitrogens with one attached hydrogen (secondary N) is 1. The summed E-state index contributed by atoms with van der Waals surface area (Å²) < 4.78 is 0. The van der Waals surface area contributed by atoms with Crippen LogP contribution >= 0.6 is 0 Å². The van der Waals surface area contributed by atoms with Crippen LogP contribution in [0.4, 0.5) is 4.79 Å². The molecule has 0 fully saturated rings. The molecule has 6 nitrogen and oxygen atoms in total. The number of carbonyl (C=O) groups is 2. The normalized spacial score (nSPS) is 10.1. The van der Waals surface area contributed by atoms with Gasteiger partial charge in [-0.1, -0.05) is 13.3 Å². The number of urea groups is 1. The van der Waals surface area contributed by atoms with E-state index in [1.54, 1.807) is 4.90 Å². The van der Waals surface area contributed by atoms with Crippen molar-refractivity contribution in [3.05, 3.63) is 0 Å². The second-order valence-electron chi connectivity index (χ2n) is 4.15. The predicted octanol–water partition coefficient (Wildman–Crippen LogP) is 1.05. The number of aliphatic hydroxyl groups excluding tert-OH is 1. The van der Waals surface area contributed by atoms with Crippen molar-refractivity contribution in [3.63, 3.8) is 0 Å². The minimum absolute atomic E-state index is 0.0455. The van der Waals surface area contributed by atoms with Crippen LogP contribution in [0.3, 0.4) is 0 Å². The third-order valence-electron chi connectivity index (χ3n) is 2.53. The fourth-order valence-corrected chi connectivity index (χ4v) is 1.49. The maximum atomic E-state index is 11.7. The maximum absolute atomic E-state index is 11.7. The van der Waals surface area contributed by atoms with Gasteiger partial charge in [-0.3, -0.25) is 4.79 Å². The zero-order chi connectivity index (χ0) is 13.8. The molecule has 6 heteroatoms. The van der Waals surface area contributed by atoms with Gasteiger partial charge < -0.3 is 20.4 Å². The fraction of sp³-hybridized carbons (Fsp3) is 0.833. The van der Waals surface area contributed by atoms with E-state index >= 15 is 0 Å². The average Bonchev–Trinajstić information content (AvgIpc) is 2.33. The van der Waals surface area contributed by atoms with E-state index in [0.29, 0.717) is 32.5 Å². The van der Waals surface area contributed by atoms with Crippen LogP contribution in [0.1, 0.15) is 39.0 Å². The molecule has 106 valence electrons. The number of unbranched alkanes of at least 4 members (excludes halogenated alkanes) is 2. The first-order valence-electron chi connectivity index (χ1n) is 6.47. The Morgan fingerprint density at radius 1 is 1.17 bits per heavy atom. The summed E-state index contributed by atoms with van der Waals surface area (Å²) in [6.07, 6.45) is 3.25. The smallest absolute Gasteiger partial charge is 0.317 e. The first kappa shape index (κ1) is 16.7. The van der Waals surface area contributed by atoms with E-state index in [2.05, 4.69) is 5.32 Å². The number of hydrogen-bond donors (Lipinski definition) is 3. The average molecular weight is 260 g/mol. The van der Waals surface area contributed by atoms with Crippen LogP contribution in [0.15, 0.2) is 0 Å². The Kier molecular flexibility index (Phi) is 10.0. The van der Waals surface area contributed by atoms with Crippen molar-refractivity contribution in [3.8, 4) is 0 Å². The Morgan fingerprint density at radius 3 is 2.44 bits per heavy atom. The van der Waals surface area contributed by atoms with Gasteiger partial charge in [0.1, 0.15) is 0 Å². The van der Waals surface area contributed by atoms with Gasteiger partial charge in [-0.2, -0.15) is 0 Å². The van der Waals surface area contributed by atoms with Gasteiger partial charge in [-0.25, -0.2) is 4.79 Å². The van der Waals surface area contributed by atoms with E-state index < -0.39 is 5.97 Å². The second-order valence-corrected chi connectivity index (χ2v) is 4.15. The Balaban J connectivity index is 3.76. The molecule has 3 N–H and O–H groups in total. The van der Waals surface area contributed by atoms with Crippen LogP contribution in [-0.2, 0) is 4.79 Å². The minimum Gasteiger partial charge on any atom is -0.481 e. The number of aliphatic carboxylic acids is 1. The Hall–Kier alpha value is -1.30. The molecule has 0 aliphatic rings. The van der Waals surface area contributed by atoms with Crippen molar-refractivity contribution in [1.82, 2.24) is 10.2 Å². The van der Waals surface area contributed by atoms with E-state index in [1.807, 2.05) is 6.92 Å². The summed E-state index contributed by atoms with van der Waals surface area (Å²) in [6, 6.07) is -0.187. The molecule has 18 heavy (non-hydrogen) atoms. The summed E-state index contributed by atoms with van der Waals surface area (Å²) in [6.45, 7) is 3.44. The van der Waals surface area contributed by atoms with Gasteiger partial charge in [0.2, 0.25) is 0 Å². The predicted molar refractivity (Wildman–Crippen MR) is 68.5 cm³/mol. The summed E-state index contributed by atoms with van der Waals surface area (Å²) in [5.41, 5.74) is 0. The zero-order valence-corrected chi connectivity index (χ0v) is 11.0. The number of nitrogens with zero attached hydrogens (tertiary/aromatic N) is 1. The highest BCUT2D eigenvalue weighted by molar-refractivity contribution is 5.74. The van der Waals surface area contributed by atoms with Gasteiger partial charge in [0.15, 0.2) is 0 Å². The number of amides is 2. The molecule has 0 aromatic heterocycles. The van der Waals surface area contributed by atoms with Crippen molar-refractivity contribution in [1.29, 1.82) is 0 Å². The molecule has 2 amide bonds. The summed E-state index contributed by atoms with van der Waals surface area (Å²) >= 11 is 0. The van der Waals surface area contributed by atoms with Crippen molar-refractivity contribution in [2.24, 2.45) is 0 Å². The monoisotopic (exact) mass is 260 g/mol. The number of carbonyl (C=O) groups excluding carboxylic acids is 1. The van der Waals surface area contributed by atoms with E-state index in [-0.39, 0.29) is 19.1 Å². The maximum Gasteiger partial charge on any atom is 0.317 e. The molecule has 0 saturated heterocycles. The molecule has 0 atom stereocenters. The summed E-state index contributed by atoms with van der Waals surface area (Å²) in [5.74, 6) is -0.814. The van der Waals surface area contributed by atoms with Crippen molar-refractivity contribution in [2.45, 2.75) is 39.0 Å². The second kappa shape index (κ2) is 10.8. The first-order chi connectivity index (χ1) is 8.61. The third-order valence-corrected chi connectivity index (χ3v) is 2.53. The van der Waals surface area contributed by atoms with Crippen LogP contribution in [0, 0.1) is 0 Å². The Bertz CT molecular complexity index is 246. The molecular weight excluding hydrogens is 236 g/mol. The van der Waals surface area contributed by atoms with Crippen LogP contribution in [-0.4, -0.2) is 53.4 Å². The molecule has 0 aromatic carbocycles. The van der Waals surface area contributed by atoms with Gasteiger partial charge in [-0.15, -0.1) is 0 Å². The molecular formula is C12H24N2O4. The highest BCUT2D eigenvalue weighted by Gasteiger charge is 2.11. The molecule has 0 radical (unpaired) electrons. The van der Waals surface area contributed by atoms with E-state index in [9.17, 15) is 9.59 Å². The summed E-state index contributed by atoms with van der Waals surface area (Å²) in [5, 5.41) is 20.1. The van der Waals surface area contributed by atoms with Crippen LogP contribution < -0.4 is 5.32 Å². The molecule has 0 rings (SSSR count). The lowest BCUT2D eigenvalue weighted by molar-refractivity contribution is -0.137. The van der Waals surface area contributed by atoms with Crippen molar-refractivity contribution in [2.75, 3.05) is 26.2 Å². The lowest BCUT2D eigenvalue weighted by Crippen LogP contribution is -2.42. The van der Waals surface area contributed by atoms with E-state index in [4.69, 9.17) is 10.2 Å². The summed E-state index contributed by atoms with van der Waals surface area (Å²) in [7, 11) is 0. The van der Waals surface area contributed by atoms with Crippen LogP contribution in [0.2, 0.25) is 0 Å². The van der Waals surface area contributed by atoms with Crippen LogP contribution in [0.25, 0.3) is 0 Å². The number of hydrogen-bond acceptors (Lipinski definition) is 3. The highest BCUT2D eigenvalue weighted by atomic mass is 16.4. The standard InChI is InChI=1S/C12H24N2O4/c1-2-3-8-14(9-10-15)12(18)13-7-5-4-6-11(16)17/h15H,2-10H2,1H3,(H,13,18)(H,16,17). The molecule has 0 aromatic rings. The largest absolute Gasteiger partial charge is 0.481 e.